The summed E-state index contributed by atoms with van der Waals surface area (Å²) in [5, 5.41) is 3.58. The summed E-state index contributed by atoms with van der Waals surface area (Å²) in [6.07, 6.45) is 0.723. The van der Waals surface area contributed by atoms with Crippen LogP contribution in [0.2, 0.25) is 5.02 Å². The Bertz CT molecular complexity index is 736. The number of carbonyl (C=O) groups excluding carboxylic acids is 1. The number of amides is 1. The highest BCUT2D eigenvalue weighted by Crippen LogP contribution is 2.31. The number of rotatable bonds is 8. The molecule has 140 valence electrons. The average molecular weight is 394 g/mol. The van der Waals surface area contributed by atoms with Crippen LogP contribution in [-0.2, 0) is 4.79 Å². The Morgan fingerprint density at radius 1 is 1.15 bits per heavy atom. The van der Waals surface area contributed by atoms with Gasteiger partial charge >= 0.3 is 0 Å². The van der Waals surface area contributed by atoms with Crippen molar-refractivity contribution < 1.29 is 14.3 Å². The number of carbonyl (C=O) groups is 1. The second-order valence-corrected chi connectivity index (χ2v) is 7.52. The van der Waals surface area contributed by atoms with Crippen LogP contribution in [0.15, 0.2) is 47.4 Å². The molecule has 26 heavy (non-hydrogen) atoms. The summed E-state index contributed by atoms with van der Waals surface area (Å²) in [6.45, 7) is 3.94. The zero-order valence-corrected chi connectivity index (χ0v) is 17.0. The summed E-state index contributed by atoms with van der Waals surface area (Å²) in [4.78, 5) is 13.8. The van der Waals surface area contributed by atoms with E-state index >= 15 is 0 Å². The van der Waals surface area contributed by atoms with Crippen LogP contribution in [0.1, 0.15) is 31.9 Å². The molecule has 2 rings (SSSR count). The maximum Gasteiger partial charge on any atom is 0.233 e. The van der Waals surface area contributed by atoms with Crippen molar-refractivity contribution in [2.75, 3.05) is 14.2 Å². The van der Waals surface area contributed by atoms with Gasteiger partial charge in [-0.2, -0.15) is 0 Å². The van der Waals surface area contributed by atoms with E-state index in [1.807, 2.05) is 56.3 Å². The number of nitrogens with one attached hydrogen (secondary N) is 1. The molecule has 0 bridgehead atoms. The smallest absolute Gasteiger partial charge is 0.233 e. The zero-order valence-electron chi connectivity index (χ0n) is 15.4. The predicted octanol–water partition coefficient (Wildman–Crippen LogP) is 5.11. The van der Waals surface area contributed by atoms with Crippen molar-refractivity contribution in [2.45, 2.75) is 36.5 Å². The van der Waals surface area contributed by atoms with Crippen molar-refractivity contribution in [1.29, 1.82) is 0 Å². The standard InChI is InChI=1S/C20H24ClNO3S/c1-5-19(26-16-9-6-14(21)7-10-16)20(23)22-13(2)17-12-15(24-3)8-11-18(17)25-4/h6-13,19H,5H2,1-4H3,(H,22,23). The van der Waals surface area contributed by atoms with Crippen LogP contribution in [-0.4, -0.2) is 25.4 Å². The third-order valence-electron chi connectivity index (χ3n) is 4.02. The SMILES string of the molecule is CCC(Sc1ccc(Cl)cc1)C(=O)NC(C)c1cc(OC)ccc1OC. The molecule has 0 spiro atoms. The molecule has 1 amide bonds. The van der Waals surface area contributed by atoms with E-state index in [0.29, 0.717) is 5.02 Å². The quantitative estimate of drug-likeness (QED) is 0.633. The Balaban J connectivity index is 2.10. The molecule has 2 aromatic carbocycles. The lowest BCUT2D eigenvalue weighted by atomic mass is 10.1. The first-order chi connectivity index (χ1) is 12.5. The molecule has 2 aromatic rings. The Morgan fingerprint density at radius 3 is 2.42 bits per heavy atom. The minimum atomic E-state index is -0.201. The van der Waals surface area contributed by atoms with Crippen molar-refractivity contribution in [3.05, 3.63) is 53.1 Å². The number of hydrogen-bond donors (Lipinski definition) is 1. The first-order valence-corrected chi connectivity index (χ1v) is 9.68. The van der Waals surface area contributed by atoms with Crippen molar-refractivity contribution >= 4 is 29.3 Å². The molecule has 0 heterocycles. The average Bonchev–Trinajstić information content (AvgIpc) is 2.66. The number of ether oxygens (including phenoxy) is 2. The first kappa shape index (κ1) is 20.5. The zero-order chi connectivity index (χ0) is 19.1. The second kappa shape index (κ2) is 9.74. The van der Waals surface area contributed by atoms with Gasteiger partial charge in [-0.25, -0.2) is 0 Å². The van der Waals surface area contributed by atoms with Crippen LogP contribution < -0.4 is 14.8 Å². The summed E-state index contributed by atoms with van der Waals surface area (Å²) in [5.74, 6) is 1.44. The molecule has 0 radical (unpaired) electrons. The fourth-order valence-corrected chi connectivity index (χ4v) is 3.65. The van der Waals surface area contributed by atoms with E-state index in [1.54, 1.807) is 14.2 Å². The maximum atomic E-state index is 12.8. The van der Waals surface area contributed by atoms with Crippen LogP contribution in [0.5, 0.6) is 11.5 Å². The molecular formula is C20H24ClNO3S. The van der Waals surface area contributed by atoms with Crippen LogP contribution >= 0.6 is 23.4 Å². The van der Waals surface area contributed by atoms with Gasteiger partial charge in [-0.3, -0.25) is 4.79 Å². The normalized spacial score (nSPS) is 13.0. The van der Waals surface area contributed by atoms with Crippen LogP contribution in [0.4, 0.5) is 0 Å². The fraction of sp³-hybridized carbons (Fsp3) is 0.350. The van der Waals surface area contributed by atoms with Gasteiger partial charge in [0.25, 0.3) is 0 Å². The number of methoxy groups -OCH3 is 2. The Morgan fingerprint density at radius 2 is 1.85 bits per heavy atom. The molecule has 0 fully saturated rings. The predicted molar refractivity (Wildman–Crippen MR) is 107 cm³/mol. The van der Waals surface area contributed by atoms with E-state index in [-0.39, 0.29) is 17.2 Å². The monoisotopic (exact) mass is 393 g/mol. The molecule has 0 aliphatic carbocycles. The van der Waals surface area contributed by atoms with E-state index in [9.17, 15) is 4.79 Å². The fourth-order valence-electron chi connectivity index (χ4n) is 2.56. The molecule has 2 atom stereocenters. The van der Waals surface area contributed by atoms with E-state index in [0.717, 1.165) is 28.4 Å². The van der Waals surface area contributed by atoms with Gasteiger partial charge in [-0.1, -0.05) is 18.5 Å². The van der Waals surface area contributed by atoms with Crippen LogP contribution in [0, 0.1) is 0 Å². The molecule has 0 aliphatic heterocycles. The molecular weight excluding hydrogens is 370 g/mol. The molecule has 4 nitrogen and oxygen atoms in total. The lowest BCUT2D eigenvalue weighted by Gasteiger charge is -2.21. The molecule has 2 unspecified atom stereocenters. The lowest BCUT2D eigenvalue weighted by molar-refractivity contribution is -0.121. The van der Waals surface area contributed by atoms with Gasteiger partial charge in [0.05, 0.1) is 25.5 Å². The number of hydrogen-bond acceptors (Lipinski definition) is 4. The number of halogens is 1. The summed E-state index contributed by atoms with van der Waals surface area (Å²) in [7, 11) is 3.23. The number of benzene rings is 2. The Kier molecular flexibility index (Phi) is 7.66. The van der Waals surface area contributed by atoms with Crippen LogP contribution in [0.25, 0.3) is 0 Å². The minimum absolute atomic E-state index is 0.00942. The van der Waals surface area contributed by atoms with E-state index < -0.39 is 0 Å². The van der Waals surface area contributed by atoms with Gasteiger partial charge in [0.2, 0.25) is 5.91 Å². The van der Waals surface area contributed by atoms with E-state index in [1.165, 1.54) is 11.8 Å². The van der Waals surface area contributed by atoms with Gasteiger partial charge in [0, 0.05) is 15.5 Å². The highest BCUT2D eigenvalue weighted by Gasteiger charge is 2.22. The molecule has 1 N–H and O–H groups in total. The Labute approximate surface area is 164 Å². The Hall–Kier alpha value is -1.85. The van der Waals surface area contributed by atoms with E-state index in [4.69, 9.17) is 21.1 Å². The third-order valence-corrected chi connectivity index (χ3v) is 5.65. The second-order valence-electron chi connectivity index (χ2n) is 5.81. The van der Waals surface area contributed by atoms with Crippen molar-refractivity contribution in [2.24, 2.45) is 0 Å². The summed E-state index contributed by atoms with van der Waals surface area (Å²) >= 11 is 7.46. The first-order valence-electron chi connectivity index (χ1n) is 8.43. The highest BCUT2D eigenvalue weighted by molar-refractivity contribution is 8.00. The van der Waals surface area contributed by atoms with Gasteiger partial charge in [-0.15, -0.1) is 11.8 Å². The van der Waals surface area contributed by atoms with Gasteiger partial charge in [-0.05, 0) is 55.8 Å². The van der Waals surface area contributed by atoms with E-state index in [2.05, 4.69) is 5.32 Å². The van der Waals surface area contributed by atoms with Crippen molar-refractivity contribution in [3.8, 4) is 11.5 Å². The molecule has 0 saturated heterocycles. The molecule has 0 saturated carbocycles. The van der Waals surface area contributed by atoms with Crippen molar-refractivity contribution in [1.82, 2.24) is 5.32 Å². The summed E-state index contributed by atoms with van der Waals surface area (Å²) < 4.78 is 10.7. The number of thioether (sulfide) groups is 1. The topological polar surface area (TPSA) is 47.6 Å². The third kappa shape index (κ3) is 5.32. The van der Waals surface area contributed by atoms with Gasteiger partial charge in [0.1, 0.15) is 11.5 Å². The van der Waals surface area contributed by atoms with Crippen molar-refractivity contribution in [3.63, 3.8) is 0 Å². The van der Waals surface area contributed by atoms with Crippen LogP contribution in [0.3, 0.4) is 0 Å². The molecule has 6 heteroatoms. The summed E-state index contributed by atoms with van der Waals surface area (Å²) in [6, 6.07) is 12.9. The lowest BCUT2D eigenvalue weighted by Crippen LogP contribution is -2.34. The maximum absolute atomic E-state index is 12.8. The van der Waals surface area contributed by atoms with Gasteiger partial charge in [0.15, 0.2) is 0 Å². The molecule has 0 aromatic heterocycles. The largest absolute Gasteiger partial charge is 0.497 e. The van der Waals surface area contributed by atoms with Gasteiger partial charge < -0.3 is 14.8 Å². The molecule has 0 aliphatic rings. The minimum Gasteiger partial charge on any atom is -0.497 e. The highest BCUT2D eigenvalue weighted by atomic mass is 35.5. The summed E-state index contributed by atoms with van der Waals surface area (Å²) in [5.41, 5.74) is 0.881.